The number of nitrogens with one attached hydrogen (secondary N) is 3. The van der Waals surface area contributed by atoms with Gasteiger partial charge in [-0.25, -0.2) is 4.98 Å². The van der Waals surface area contributed by atoms with E-state index in [-0.39, 0.29) is 5.43 Å². The molecule has 174 valence electrons. The highest BCUT2D eigenvalue weighted by molar-refractivity contribution is 9.11. The van der Waals surface area contributed by atoms with Crippen LogP contribution < -0.4 is 20.8 Å². The Kier molecular flexibility index (Phi) is 8.59. The van der Waals surface area contributed by atoms with Gasteiger partial charge in [0.15, 0.2) is 0 Å². The highest BCUT2D eigenvalue weighted by Crippen LogP contribution is 2.33. The third kappa shape index (κ3) is 6.66. The van der Waals surface area contributed by atoms with E-state index in [9.17, 15) is 4.79 Å². The van der Waals surface area contributed by atoms with Crippen LogP contribution in [0.5, 0.6) is 5.75 Å². The van der Waals surface area contributed by atoms with Gasteiger partial charge in [0.25, 0.3) is 0 Å². The van der Waals surface area contributed by atoms with Crippen LogP contribution in [-0.2, 0) is 13.0 Å². The van der Waals surface area contributed by atoms with E-state index in [1.165, 1.54) is 16.2 Å². The number of thiazole rings is 1. The molecule has 6 nitrogen and oxygen atoms in total. The van der Waals surface area contributed by atoms with Crippen LogP contribution in [0.1, 0.15) is 21.9 Å². The molecule has 10 heteroatoms. The number of fused-ring (bicyclic) bond motifs is 1. The van der Waals surface area contributed by atoms with Gasteiger partial charge in [0.1, 0.15) is 11.6 Å². The first kappa shape index (κ1) is 24.4. The van der Waals surface area contributed by atoms with Crippen molar-refractivity contribution in [2.24, 2.45) is 0 Å². The van der Waals surface area contributed by atoms with Crippen LogP contribution in [0, 0.1) is 6.92 Å². The van der Waals surface area contributed by atoms with Crippen LogP contribution in [0.3, 0.4) is 0 Å². The van der Waals surface area contributed by atoms with Crippen LogP contribution in [0.25, 0.3) is 10.2 Å². The Morgan fingerprint density at radius 2 is 2.09 bits per heavy atom. The van der Waals surface area contributed by atoms with Crippen LogP contribution in [-0.4, -0.2) is 29.7 Å². The molecule has 0 fully saturated rings. The minimum absolute atomic E-state index is 0.0533. The van der Waals surface area contributed by atoms with Crippen molar-refractivity contribution in [3.63, 3.8) is 0 Å². The summed E-state index contributed by atoms with van der Waals surface area (Å²) in [6.07, 6.45) is 3.68. The fraction of sp³-hybridized carbons (Fsp3) is 0.304. The first-order valence-electron chi connectivity index (χ1n) is 10.6. The standard InChI is InChI=1S/C23H24Br2N4O2S2/c1-14-28-13-17(33-14)3-7-31-22-15(9-16(24)10-18(22)25)12-26-5-2-6-27-21-11-20(30)23-19(29-21)4-8-32-23/h4,8-11,13,26H,2-3,5-7,12H2,1H3,(H2,27,29,30). The van der Waals surface area contributed by atoms with Crippen molar-refractivity contribution in [3.05, 3.63) is 70.5 Å². The first-order valence-corrected chi connectivity index (χ1v) is 13.8. The molecule has 0 aliphatic carbocycles. The molecule has 0 saturated heterocycles. The number of nitrogens with zero attached hydrogens (tertiary/aromatic N) is 1. The van der Waals surface area contributed by atoms with Crippen molar-refractivity contribution in [2.75, 3.05) is 25.0 Å². The van der Waals surface area contributed by atoms with Crippen LogP contribution in [0.2, 0.25) is 0 Å². The number of hydrogen-bond acceptors (Lipinski definition) is 7. The Balaban J connectivity index is 1.25. The summed E-state index contributed by atoms with van der Waals surface area (Å²) in [7, 11) is 0. The maximum atomic E-state index is 12.1. The molecule has 4 aromatic rings. The van der Waals surface area contributed by atoms with E-state index < -0.39 is 0 Å². The number of aromatic amines is 1. The molecule has 0 bridgehead atoms. The number of thiophene rings is 1. The summed E-state index contributed by atoms with van der Waals surface area (Å²) in [5.74, 6) is 1.63. The van der Waals surface area contributed by atoms with E-state index in [0.717, 1.165) is 67.2 Å². The minimum atomic E-state index is 0.0533. The molecule has 0 saturated carbocycles. The summed E-state index contributed by atoms with van der Waals surface area (Å²) < 4.78 is 8.84. The fourth-order valence-corrected chi connectivity index (χ4v) is 6.38. The molecule has 0 unspecified atom stereocenters. The van der Waals surface area contributed by atoms with Gasteiger partial charge in [-0.1, -0.05) is 15.9 Å². The molecule has 1 aromatic carbocycles. The lowest BCUT2D eigenvalue weighted by atomic mass is 10.2. The van der Waals surface area contributed by atoms with E-state index in [2.05, 4.69) is 58.5 Å². The van der Waals surface area contributed by atoms with Crippen molar-refractivity contribution >= 4 is 70.6 Å². The predicted octanol–water partition coefficient (Wildman–Crippen LogP) is 6.09. The minimum Gasteiger partial charge on any atom is -0.492 e. The lowest BCUT2D eigenvalue weighted by Crippen LogP contribution is -2.19. The Hall–Kier alpha value is -1.72. The Morgan fingerprint density at radius 1 is 1.21 bits per heavy atom. The predicted molar refractivity (Wildman–Crippen MR) is 145 cm³/mol. The number of benzene rings is 1. The fourth-order valence-electron chi connectivity index (χ4n) is 3.41. The van der Waals surface area contributed by atoms with Crippen LogP contribution >= 0.6 is 54.5 Å². The van der Waals surface area contributed by atoms with Crippen molar-refractivity contribution in [2.45, 2.75) is 26.3 Å². The second kappa shape index (κ2) is 11.6. The van der Waals surface area contributed by atoms with Gasteiger partial charge in [-0.2, -0.15) is 0 Å². The van der Waals surface area contributed by atoms with Gasteiger partial charge in [0.05, 0.1) is 26.3 Å². The monoisotopic (exact) mass is 610 g/mol. The molecule has 3 aromatic heterocycles. The number of rotatable bonds is 11. The van der Waals surface area contributed by atoms with Gasteiger partial charge in [-0.3, -0.25) is 4.79 Å². The van der Waals surface area contributed by atoms with Gasteiger partial charge in [0.2, 0.25) is 5.43 Å². The summed E-state index contributed by atoms with van der Waals surface area (Å²) in [5, 5.41) is 9.80. The molecule has 3 N–H and O–H groups in total. The first-order chi connectivity index (χ1) is 16.0. The van der Waals surface area contributed by atoms with Crippen molar-refractivity contribution < 1.29 is 4.74 Å². The number of aromatic nitrogens is 2. The number of halogens is 2. The highest BCUT2D eigenvalue weighted by Gasteiger charge is 2.11. The maximum Gasteiger partial charge on any atom is 0.201 e. The van der Waals surface area contributed by atoms with Gasteiger partial charge in [-0.15, -0.1) is 22.7 Å². The topological polar surface area (TPSA) is 79.0 Å². The summed E-state index contributed by atoms with van der Waals surface area (Å²) in [6, 6.07) is 7.65. The number of ether oxygens (including phenoxy) is 1. The number of anilines is 1. The summed E-state index contributed by atoms with van der Waals surface area (Å²) in [5.41, 5.74) is 2.03. The van der Waals surface area contributed by atoms with Crippen molar-refractivity contribution in [1.82, 2.24) is 15.3 Å². The average molecular weight is 612 g/mol. The number of hydrogen-bond donors (Lipinski definition) is 3. The summed E-state index contributed by atoms with van der Waals surface area (Å²) in [6.45, 7) is 4.91. The lowest BCUT2D eigenvalue weighted by molar-refractivity contribution is 0.316. The Labute approximate surface area is 217 Å². The number of H-pyrrole nitrogens is 1. The second-order valence-corrected chi connectivity index (χ2v) is 11.5. The molecule has 4 rings (SSSR count). The zero-order chi connectivity index (χ0) is 23.2. The molecule has 0 atom stereocenters. The number of aryl methyl sites for hydroxylation is 1. The van der Waals surface area contributed by atoms with Gasteiger partial charge < -0.3 is 20.4 Å². The lowest BCUT2D eigenvalue weighted by Gasteiger charge is -2.15. The third-order valence-electron chi connectivity index (χ3n) is 4.94. The summed E-state index contributed by atoms with van der Waals surface area (Å²) >= 11 is 10.4. The maximum absolute atomic E-state index is 12.1. The SMILES string of the molecule is Cc1ncc(CCOc2c(Br)cc(Br)cc2CNCCCNc2cc(=O)c3sccc3[nH]2)s1. The smallest absolute Gasteiger partial charge is 0.201 e. The van der Waals surface area contributed by atoms with Crippen LogP contribution in [0.15, 0.2) is 49.6 Å². The molecule has 0 amide bonds. The van der Waals surface area contributed by atoms with Gasteiger partial charge >= 0.3 is 0 Å². The number of pyridine rings is 1. The zero-order valence-corrected chi connectivity index (χ0v) is 22.8. The molecule has 0 aliphatic heterocycles. The van der Waals surface area contributed by atoms with Gasteiger partial charge in [0, 0.05) is 46.7 Å². The van der Waals surface area contributed by atoms with Crippen molar-refractivity contribution in [1.29, 1.82) is 0 Å². The quantitative estimate of drug-likeness (QED) is 0.179. The molecule has 0 radical (unpaired) electrons. The van der Waals surface area contributed by atoms with E-state index in [1.54, 1.807) is 17.4 Å². The molecule has 0 spiro atoms. The Bertz CT molecular complexity index is 1290. The normalized spacial score (nSPS) is 11.2. The molecule has 3 heterocycles. The molecule has 0 aliphatic rings. The van der Waals surface area contributed by atoms with Crippen molar-refractivity contribution in [3.8, 4) is 5.75 Å². The molecule has 33 heavy (non-hydrogen) atoms. The Morgan fingerprint density at radius 3 is 2.91 bits per heavy atom. The zero-order valence-electron chi connectivity index (χ0n) is 18.0. The van der Waals surface area contributed by atoms with Crippen LogP contribution in [0.4, 0.5) is 5.82 Å². The van der Waals surface area contributed by atoms with E-state index in [1.807, 2.05) is 30.6 Å². The molecular weight excluding hydrogens is 588 g/mol. The average Bonchev–Trinajstić information content (AvgIpc) is 3.41. The van der Waals surface area contributed by atoms with E-state index >= 15 is 0 Å². The van der Waals surface area contributed by atoms with Gasteiger partial charge in [-0.05, 0) is 59.4 Å². The van der Waals surface area contributed by atoms with E-state index in [4.69, 9.17) is 4.74 Å². The largest absolute Gasteiger partial charge is 0.492 e. The molecular formula is C23H24Br2N4O2S2. The van der Waals surface area contributed by atoms with E-state index in [0.29, 0.717) is 13.2 Å². The second-order valence-electron chi connectivity index (χ2n) is 7.49. The highest BCUT2D eigenvalue weighted by atomic mass is 79.9. The summed E-state index contributed by atoms with van der Waals surface area (Å²) in [4.78, 5) is 20.9. The third-order valence-corrected chi connectivity index (χ3v) is 7.89.